The van der Waals surface area contributed by atoms with Gasteiger partial charge in [0.05, 0.1) is 12.2 Å². The zero-order valence-corrected chi connectivity index (χ0v) is 12.4. The third-order valence-corrected chi connectivity index (χ3v) is 3.99. The Balaban J connectivity index is 1.75. The molecule has 0 spiro atoms. The average Bonchev–Trinajstić information content (AvgIpc) is 2.42. The fraction of sp³-hybridized carbons (Fsp3) is 0.333. The van der Waals surface area contributed by atoms with Crippen molar-refractivity contribution in [3.05, 3.63) is 58.7 Å². The number of benzene rings is 2. The van der Waals surface area contributed by atoms with Crippen LogP contribution in [0.15, 0.2) is 36.4 Å². The SMILES string of the molecule is Cc1ccc2c(c1)OC(Cc1ccc(C)c(C)c1)CN2. The Hall–Kier alpha value is -1.96. The molecule has 0 aromatic heterocycles. The molecule has 1 unspecified atom stereocenters. The van der Waals surface area contributed by atoms with Crippen LogP contribution in [0, 0.1) is 20.8 Å². The maximum absolute atomic E-state index is 6.12. The molecule has 0 fully saturated rings. The van der Waals surface area contributed by atoms with E-state index in [9.17, 15) is 0 Å². The minimum atomic E-state index is 0.200. The summed E-state index contributed by atoms with van der Waals surface area (Å²) < 4.78 is 6.12. The first-order valence-corrected chi connectivity index (χ1v) is 7.19. The van der Waals surface area contributed by atoms with Crippen LogP contribution >= 0.6 is 0 Å². The highest BCUT2D eigenvalue weighted by atomic mass is 16.5. The number of ether oxygens (including phenoxy) is 1. The summed E-state index contributed by atoms with van der Waals surface area (Å²) in [6, 6.07) is 13.0. The first-order valence-electron chi connectivity index (χ1n) is 7.19. The Kier molecular flexibility index (Phi) is 3.39. The molecule has 1 aliphatic heterocycles. The highest BCUT2D eigenvalue weighted by molar-refractivity contribution is 5.59. The number of hydrogen-bond acceptors (Lipinski definition) is 2. The fourth-order valence-corrected chi connectivity index (χ4v) is 2.63. The van der Waals surface area contributed by atoms with E-state index >= 15 is 0 Å². The van der Waals surface area contributed by atoms with Gasteiger partial charge in [0.25, 0.3) is 0 Å². The largest absolute Gasteiger partial charge is 0.486 e. The number of aryl methyl sites for hydroxylation is 3. The number of fused-ring (bicyclic) bond motifs is 1. The molecule has 2 aromatic carbocycles. The van der Waals surface area contributed by atoms with E-state index in [4.69, 9.17) is 4.74 Å². The summed E-state index contributed by atoms with van der Waals surface area (Å²) in [4.78, 5) is 0. The monoisotopic (exact) mass is 267 g/mol. The molecule has 1 aliphatic rings. The van der Waals surface area contributed by atoms with Crippen molar-refractivity contribution in [3.63, 3.8) is 0 Å². The summed E-state index contributed by atoms with van der Waals surface area (Å²) in [5, 5.41) is 3.46. The summed E-state index contributed by atoms with van der Waals surface area (Å²) in [5.41, 5.74) is 6.38. The van der Waals surface area contributed by atoms with E-state index in [1.165, 1.54) is 22.3 Å². The summed E-state index contributed by atoms with van der Waals surface area (Å²) in [6.45, 7) is 7.27. The van der Waals surface area contributed by atoms with Gasteiger partial charge in [-0.15, -0.1) is 0 Å². The van der Waals surface area contributed by atoms with Gasteiger partial charge in [-0.2, -0.15) is 0 Å². The van der Waals surface area contributed by atoms with Crippen molar-refractivity contribution in [2.75, 3.05) is 11.9 Å². The van der Waals surface area contributed by atoms with Gasteiger partial charge in [-0.05, 0) is 55.2 Å². The highest BCUT2D eigenvalue weighted by Gasteiger charge is 2.19. The number of nitrogens with one attached hydrogen (secondary N) is 1. The minimum absolute atomic E-state index is 0.200. The molecule has 2 aromatic rings. The molecule has 1 N–H and O–H groups in total. The maximum atomic E-state index is 6.12. The highest BCUT2D eigenvalue weighted by Crippen LogP contribution is 2.30. The van der Waals surface area contributed by atoms with E-state index < -0.39 is 0 Å². The summed E-state index contributed by atoms with van der Waals surface area (Å²) >= 11 is 0. The Morgan fingerprint density at radius 3 is 2.70 bits per heavy atom. The lowest BCUT2D eigenvalue weighted by molar-refractivity contribution is 0.206. The van der Waals surface area contributed by atoms with Crippen molar-refractivity contribution in [1.82, 2.24) is 0 Å². The third-order valence-electron chi connectivity index (χ3n) is 3.99. The van der Waals surface area contributed by atoms with E-state index in [0.717, 1.165) is 24.4 Å². The molecule has 20 heavy (non-hydrogen) atoms. The van der Waals surface area contributed by atoms with Crippen LogP contribution in [0.2, 0.25) is 0 Å². The maximum Gasteiger partial charge on any atom is 0.143 e. The molecule has 0 saturated carbocycles. The molecular formula is C18H21NO. The van der Waals surface area contributed by atoms with Gasteiger partial charge in [0.1, 0.15) is 11.9 Å². The van der Waals surface area contributed by atoms with Gasteiger partial charge in [-0.25, -0.2) is 0 Å². The number of anilines is 1. The second kappa shape index (κ2) is 5.20. The minimum Gasteiger partial charge on any atom is -0.486 e. The van der Waals surface area contributed by atoms with Crippen LogP contribution in [-0.4, -0.2) is 12.6 Å². The van der Waals surface area contributed by atoms with Gasteiger partial charge in [0.2, 0.25) is 0 Å². The van der Waals surface area contributed by atoms with Crippen LogP contribution in [0.1, 0.15) is 22.3 Å². The van der Waals surface area contributed by atoms with Crippen molar-refractivity contribution in [2.45, 2.75) is 33.3 Å². The molecule has 0 saturated heterocycles. The van der Waals surface area contributed by atoms with Gasteiger partial charge < -0.3 is 10.1 Å². The quantitative estimate of drug-likeness (QED) is 0.887. The zero-order valence-electron chi connectivity index (χ0n) is 12.4. The van der Waals surface area contributed by atoms with E-state index in [1.807, 2.05) is 0 Å². The Morgan fingerprint density at radius 1 is 1.05 bits per heavy atom. The predicted molar refractivity (Wildman–Crippen MR) is 83.7 cm³/mol. The topological polar surface area (TPSA) is 21.3 Å². The molecule has 0 amide bonds. The fourth-order valence-electron chi connectivity index (χ4n) is 2.63. The normalized spacial score (nSPS) is 17.1. The summed E-state index contributed by atoms with van der Waals surface area (Å²) in [7, 11) is 0. The summed E-state index contributed by atoms with van der Waals surface area (Å²) in [6.07, 6.45) is 1.15. The molecule has 1 atom stereocenters. The van der Waals surface area contributed by atoms with Gasteiger partial charge >= 0.3 is 0 Å². The lowest BCUT2D eigenvalue weighted by Gasteiger charge is -2.28. The Labute approximate surface area is 120 Å². The molecular weight excluding hydrogens is 246 g/mol. The number of hydrogen-bond donors (Lipinski definition) is 1. The van der Waals surface area contributed by atoms with E-state index in [-0.39, 0.29) is 6.10 Å². The molecule has 3 rings (SSSR count). The van der Waals surface area contributed by atoms with Gasteiger partial charge in [-0.1, -0.05) is 24.3 Å². The average molecular weight is 267 g/mol. The zero-order chi connectivity index (χ0) is 14.1. The molecule has 2 heteroatoms. The molecule has 0 radical (unpaired) electrons. The molecule has 104 valence electrons. The van der Waals surface area contributed by atoms with E-state index in [2.05, 4.69) is 62.5 Å². The van der Waals surface area contributed by atoms with E-state index in [0.29, 0.717) is 0 Å². The van der Waals surface area contributed by atoms with Crippen LogP contribution in [-0.2, 0) is 6.42 Å². The molecule has 0 aliphatic carbocycles. The van der Waals surface area contributed by atoms with Crippen molar-refractivity contribution >= 4 is 5.69 Å². The molecule has 0 bridgehead atoms. The van der Waals surface area contributed by atoms with Crippen molar-refractivity contribution in [2.24, 2.45) is 0 Å². The number of rotatable bonds is 2. The summed E-state index contributed by atoms with van der Waals surface area (Å²) in [5.74, 6) is 0.977. The van der Waals surface area contributed by atoms with Crippen LogP contribution in [0.3, 0.4) is 0 Å². The standard InChI is InChI=1S/C18H21NO/c1-12-4-7-17-18(8-12)20-16(11-19-17)10-15-6-5-13(2)14(3)9-15/h4-9,16,19H,10-11H2,1-3H3. The van der Waals surface area contributed by atoms with Crippen LogP contribution < -0.4 is 10.1 Å². The third kappa shape index (κ3) is 2.64. The lowest BCUT2D eigenvalue weighted by atomic mass is 10.0. The van der Waals surface area contributed by atoms with Gasteiger partial charge in [0, 0.05) is 6.42 Å². The van der Waals surface area contributed by atoms with Crippen LogP contribution in [0.25, 0.3) is 0 Å². The second-order valence-electron chi connectivity index (χ2n) is 5.74. The van der Waals surface area contributed by atoms with Gasteiger partial charge in [-0.3, -0.25) is 0 Å². The van der Waals surface area contributed by atoms with Crippen molar-refractivity contribution in [1.29, 1.82) is 0 Å². The predicted octanol–water partition coefficient (Wildman–Crippen LogP) is 4.03. The molecule has 2 nitrogen and oxygen atoms in total. The van der Waals surface area contributed by atoms with E-state index in [1.54, 1.807) is 0 Å². The molecule has 1 heterocycles. The Morgan fingerprint density at radius 2 is 1.90 bits per heavy atom. The lowest BCUT2D eigenvalue weighted by Crippen LogP contribution is -2.32. The van der Waals surface area contributed by atoms with Crippen LogP contribution in [0.5, 0.6) is 5.75 Å². The van der Waals surface area contributed by atoms with Crippen molar-refractivity contribution in [3.8, 4) is 5.75 Å². The van der Waals surface area contributed by atoms with Gasteiger partial charge in [0.15, 0.2) is 0 Å². The first-order chi connectivity index (χ1) is 9.61. The first kappa shape index (κ1) is 13.0. The Bertz CT molecular complexity index is 633. The van der Waals surface area contributed by atoms with Crippen LogP contribution in [0.4, 0.5) is 5.69 Å². The van der Waals surface area contributed by atoms with Crippen molar-refractivity contribution < 1.29 is 4.74 Å². The second-order valence-corrected chi connectivity index (χ2v) is 5.74. The smallest absolute Gasteiger partial charge is 0.143 e.